The van der Waals surface area contributed by atoms with Gasteiger partial charge in [0.1, 0.15) is 5.75 Å². The Balaban J connectivity index is 1.66. The van der Waals surface area contributed by atoms with Crippen molar-refractivity contribution in [2.45, 2.75) is 12.4 Å². The monoisotopic (exact) mass is 416 g/mol. The summed E-state index contributed by atoms with van der Waals surface area (Å²) in [5.74, 6) is -2.48. The number of ketones is 1. The van der Waals surface area contributed by atoms with Crippen molar-refractivity contribution >= 4 is 5.78 Å². The smallest absolute Gasteiger partial charge is 0.471 e. The van der Waals surface area contributed by atoms with E-state index in [0.717, 1.165) is 18.2 Å². The summed E-state index contributed by atoms with van der Waals surface area (Å²) in [6.45, 7) is -0.527. The van der Waals surface area contributed by atoms with Gasteiger partial charge in [-0.2, -0.15) is 31.3 Å². The van der Waals surface area contributed by atoms with Crippen LogP contribution in [0.1, 0.15) is 21.8 Å². The first kappa shape index (κ1) is 20.4. The highest BCUT2D eigenvalue weighted by molar-refractivity contribution is 5.97. The minimum absolute atomic E-state index is 0.128. The van der Waals surface area contributed by atoms with Crippen molar-refractivity contribution in [3.63, 3.8) is 0 Å². The molecule has 0 radical (unpaired) electrons. The Morgan fingerprint density at radius 2 is 1.66 bits per heavy atom. The second-order valence-corrected chi connectivity index (χ2v) is 5.74. The average Bonchev–Trinajstić information content (AvgIpc) is 3.16. The van der Waals surface area contributed by atoms with E-state index < -0.39 is 36.2 Å². The number of ether oxygens (including phenoxy) is 1. The van der Waals surface area contributed by atoms with Gasteiger partial charge in [0.2, 0.25) is 5.82 Å². The number of nitrogens with zero attached hydrogens (tertiary/aromatic N) is 2. The third-order valence-electron chi connectivity index (χ3n) is 3.66. The van der Waals surface area contributed by atoms with Gasteiger partial charge in [0, 0.05) is 11.1 Å². The van der Waals surface area contributed by atoms with Crippen molar-refractivity contribution in [3.8, 4) is 17.1 Å². The molecule has 0 bridgehead atoms. The predicted molar refractivity (Wildman–Crippen MR) is 86.0 cm³/mol. The van der Waals surface area contributed by atoms with Crippen LogP contribution in [0.5, 0.6) is 5.75 Å². The summed E-state index contributed by atoms with van der Waals surface area (Å²) in [6, 6.07) is 9.29. The maximum atomic E-state index is 12.7. The topological polar surface area (TPSA) is 65.2 Å². The van der Waals surface area contributed by atoms with E-state index in [-0.39, 0.29) is 22.7 Å². The quantitative estimate of drug-likeness (QED) is 0.431. The minimum atomic E-state index is -4.78. The van der Waals surface area contributed by atoms with Gasteiger partial charge in [0.25, 0.3) is 0 Å². The molecule has 11 heteroatoms. The highest BCUT2D eigenvalue weighted by atomic mass is 19.4. The van der Waals surface area contributed by atoms with Crippen LogP contribution < -0.4 is 4.74 Å². The highest BCUT2D eigenvalue weighted by Crippen LogP contribution is 2.31. The summed E-state index contributed by atoms with van der Waals surface area (Å²) in [5.41, 5.74) is -0.593. The van der Waals surface area contributed by atoms with Crippen molar-refractivity contribution in [1.29, 1.82) is 0 Å². The normalized spacial score (nSPS) is 12.1. The van der Waals surface area contributed by atoms with Crippen molar-refractivity contribution in [1.82, 2.24) is 10.1 Å². The number of hydrogen-bond donors (Lipinski definition) is 0. The van der Waals surface area contributed by atoms with E-state index in [2.05, 4.69) is 14.7 Å². The number of alkyl halides is 6. The van der Waals surface area contributed by atoms with Crippen molar-refractivity contribution in [2.24, 2.45) is 0 Å². The molecule has 5 nitrogen and oxygen atoms in total. The van der Waals surface area contributed by atoms with Gasteiger partial charge in [-0.15, -0.1) is 0 Å². The standard InChI is InChI=1S/C18H10F6N2O3/c19-17(20,21)12-2-1-3-13(8-12)28-9-14(27)10-4-6-11(7-5-10)15-25-16(29-26-15)18(22,23)24/h1-8H,9H2. The van der Waals surface area contributed by atoms with Gasteiger partial charge >= 0.3 is 18.2 Å². The molecule has 0 spiro atoms. The summed E-state index contributed by atoms with van der Waals surface area (Å²) < 4.78 is 84.7. The molecule has 1 aromatic heterocycles. The summed E-state index contributed by atoms with van der Waals surface area (Å²) in [6.07, 6.45) is -9.32. The molecule has 0 aliphatic carbocycles. The Morgan fingerprint density at radius 1 is 0.966 bits per heavy atom. The minimum Gasteiger partial charge on any atom is -0.485 e. The number of hydrogen-bond acceptors (Lipinski definition) is 5. The third kappa shape index (κ3) is 4.92. The second-order valence-electron chi connectivity index (χ2n) is 5.74. The maximum absolute atomic E-state index is 12.7. The first-order valence-corrected chi connectivity index (χ1v) is 7.88. The zero-order valence-corrected chi connectivity index (χ0v) is 14.2. The van der Waals surface area contributed by atoms with Crippen LogP contribution in [0.15, 0.2) is 53.1 Å². The first-order chi connectivity index (χ1) is 13.5. The van der Waals surface area contributed by atoms with Crippen molar-refractivity contribution in [3.05, 3.63) is 65.5 Å². The molecule has 0 saturated heterocycles. The molecule has 0 N–H and O–H groups in total. The van der Waals surface area contributed by atoms with E-state index in [4.69, 9.17) is 4.74 Å². The molecule has 29 heavy (non-hydrogen) atoms. The van der Waals surface area contributed by atoms with E-state index in [1.165, 1.54) is 30.3 Å². The van der Waals surface area contributed by atoms with Gasteiger partial charge in [0.05, 0.1) is 5.56 Å². The lowest BCUT2D eigenvalue weighted by Gasteiger charge is -2.10. The highest BCUT2D eigenvalue weighted by Gasteiger charge is 2.38. The van der Waals surface area contributed by atoms with Gasteiger partial charge in [-0.3, -0.25) is 4.79 Å². The van der Waals surface area contributed by atoms with Crippen LogP contribution in [0.2, 0.25) is 0 Å². The van der Waals surface area contributed by atoms with Crippen LogP contribution in [0.25, 0.3) is 11.4 Å². The van der Waals surface area contributed by atoms with Crippen LogP contribution in [0.4, 0.5) is 26.3 Å². The van der Waals surface area contributed by atoms with E-state index in [1.54, 1.807) is 0 Å². The number of rotatable bonds is 5. The van der Waals surface area contributed by atoms with Gasteiger partial charge in [-0.1, -0.05) is 35.5 Å². The molecule has 0 amide bonds. The fourth-order valence-electron chi connectivity index (χ4n) is 2.26. The second kappa shape index (κ2) is 7.57. The SMILES string of the molecule is O=C(COc1cccc(C(F)(F)F)c1)c1ccc(-c2noc(C(F)(F)F)n2)cc1. The zero-order chi connectivity index (χ0) is 21.2. The Hall–Kier alpha value is -3.37. The van der Waals surface area contributed by atoms with Crippen LogP contribution in [0.3, 0.4) is 0 Å². The first-order valence-electron chi connectivity index (χ1n) is 7.88. The van der Waals surface area contributed by atoms with Crippen LogP contribution >= 0.6 is 0 Å². The van der Waals surface area contributed by atoms with E-state index >= 15 is 0 Å². The van der Waals surface area contributed by atoms with Crippen molar-refractivity contribution in [2.75, 3.05) is 6.61 Å². The maximum Gasteiger partial charge on any atom is 0.471 e. The molecule has 1 heterocycles. The predicted octanol–water partition coefficient (Wildman–Crippen LogP) is 5.04. The molecular formula is C18H10F6N2O3. The number of Topliss-reactive ketones (excluding diaryl/α,β-unsaturated/α-hetero) is 1. The van der Waals surface area contributed by atoms with Crippen molar-refractivity contribution < 1.29 is 40.4 Å². The largest absolute Gasteiger partial charge is 0.485 e. The molecule has 3 aromatic rings. The summed E-state index contributed by atoms with van der Waals surface area (Å²) in [5, 5.41) is 3.22. The number of carbonyl (C=O) groups is 1. The fourth-order valence-corrected chi connectivity index (χ4v) is 2.26. The lowest BCUT2D eigenvalue weighted by molar-refractivity contribution is -0.159. The third-order valence-corrected chi connectivity index (χ3v) is 3.66. The molecule has 0 saturated carbocycles. The number of carbonyl (C=O) groups excluding carboxylic acids is 1. The molecule has 0 atom stereocenters. The zero-order valence-electron chi connectivity index (χ0n) is 14.2. The van der Waals surface area contributed by atoms with Gasteiger partial charge in [0.15, 0.2) is 12.4 Å². The Bertz CT molecular complexity index is 1010. The molecule has 0 aliphatic heterocycles. The Kier molecular flexibility index (Phi) is 5.31. The van der Waals surface area contributed by atoms with Gasteiger partial charge in [-0.05, 0) is 18.2 Å². The van der Waals surface area contributed by atoms with E-state index in [0.29, 0.717) is 0 Å². The Morgan fingerprint density at radius 3 is 2.24 bits per heavy atom. The molecule has 3 rings (SSSR count). The molecule has 0 unspecified atom stereocenters. The average molecular weight is 416 g/mol. The van der Waals surface area contributed by atoms with E-state index in [9.17, 15) is 31.1 Å². The van der Waals surface area contributed by atoms with Gasteiger partial charge in [-0.25, -0.2) is 0 Å². The molecule has 152 valence electrons. The van der Waals surface area contributed by atoms with Crippen LogP contribution in [-0.4, -0.2) is 22.5 Å². The Labute approximate surface area is 158 Å². The lowest BCUT2D eigenvalue weighted by Crippen LogP contribution is -2.12. The number of halogens is 6. The number of aromatic nitrogens is 2. The van der Waals surface area contributed by atoms with Crippen LogP contribution in [-0.2, 0) is 12.4 Å². The van der Waals surface area contributed by atoms with E-state index in [1.807, 2.05) is 0 Å². The summed E-state index contributed by atoms with van der Waals surface area (Å²) >= 11 is 0. The summed E-state index contributed by atoms with van der Waals surface area (Å²) in [7, 11) is 0. The molecule has 2 aromatic carbocycles. The fraction of sp³-hybridized carbons (Fsp3) is 0.167. The molecule has 0 aliphatic rings. The van der Waals surface area contributed by atoms with Crippen LogP contribution in [0, 0.1) is 0 Å². The molecule has 0 fully saturated rings. The van der Waals surface area contributed by atoms with Gasteiger partial charge < -0.3 is 9.26 Å². The molecular weight excluding hydrogens is 406 g/mol. The lowest BCUT2D eigenvalue weighted by atomic mass is 10.1. The summed E-state index contributed by atoms with van der Waals surface area (Å²) in [4.78, 5) is 15.4. The number of benzene rings is 2.